The molecule has 0 amide bonds. The zero-order chi connectivity index (χ0) is 20.4. The fourth-order valence-corrected chi connectivity index (χ4v) is 3.26. The highest BCUT2D eigenvalue weighted by molar-refractivity contribution is 8.13. The van der Waals surface area contributed by atoms with Gasteiger partial charge in [0.25, 0.3) is 5.92 Å². The third kappa shape index (κ3) is 4.97. The van der Waals surface area contributed by atoms with Crippen molar-refractivity contribution in [1.29, 1.82) is 0 Å². The molecule has 0 saturated heterocycles. The van der Waals surface area contributed by atoms with E-state index in [1.165, 1.54) is 12.5 Å². The van der Waals surface area contributed by atoms with E-state index in [0.29, 0.717) is 30.4 Å². The molecule has 1 heterocycles. The molecule has 0 spiro atoms. The van der Waals surface area contributed by atoms with Gasteiger partial charge in [-0.05, 0) is 30.4 Å². The predicted octanol–water partition coefficient (Wildman–Crippen LogP) is 5.42. The summed E-state index contributed by atoms with van der Waals surface area (Å²) in [6.45, 7) is 3.68. The summed E-state index contributed by atoms with van der Waals surface area (Å²) in [4.78, 5) is 27.6. The number of rotatable bonds is 5. The van der Waals surface area contributed by atoms with E-state index < -0.39 is 44.8 Å². The second-order valence-corrected chi connectivity index (χ2v) is 7.56. The van der Waals surface area contributed by atoms with Crippen molar-refractivity contribution in [2.24, 2.45) is 5.92 Å². The summed E-state index contributed by atoms with van der Waals surface area (Å²) in [5.41, 5.74) is -4.68. The van der Waals surface area contributed by atoms with Gasteiger partial charge in [0.1, 0.15) is 5.69 Å². The SMILES string of the molecule is CSC(=O)c1c(C(C)(F)F)nc(C(F)(F)F)c(C(=O)SC)c1CC(C)C. The third-order valence-electron chi connectivity index (χ3n) is 3.38. The second kappa shape index (κ2) is 8.24. The molecule has 0 aromatic carbocycles. The lowest BCUT2D eigenvalue weighted by Gasteiger charge is -2.23. The summed E-state index contributed by atoms with van der Waals surface area (Å²) in [6.07, 6.45) is -2.65. The van der Waals surface area contributed by atoms with Gasteiger partial charge in [0, 0.05) is 6.92 Å². The minimum atomic E-state index is -5.12. The molecular formula is C16H18F5NO2S2. The molecule has 0 aliphatic rings. The summed E-state index contributed by atoms with van der Waals surface area (Å²) in [5.74, 6) is -4.06. The van der Waals surface area contributed by atoms with Crippen molar-refractivity contribution in [2.45, 2.75) is 39.3 Å². The first kappa shape index (κ1) is 22.9. The molecular weight excluding hydrogens is 397 g/mol. The van der Waals surface area contributed by atoms with Crippen LogP contribution in [0.15, 0.2) is 0 Å². The molecule has 0 bridgehead atoms. The summed E-state index contributed by atoms with van der Waals surface area (Å²) in [7, 11) is 0. The molecule has 1 aromatic heterocycles. The van der Waals surface area contributed by atoms with Gasteiger partial charge >= 0.3 is 6.18 Å². The molecule has 0 aliphatic heterocycles. The normalized spacial score (nSPS) is 12.6. The molecule has 0 aliphatic carbocycles. The molecule has 26 heavy (non-hydrogen) atoms. The fourth-order valence-electron chi connectivity index (χ4n) is 2.41. The zero-order valence-corrected chi connectivity index (χ0v) is 16.4. The average molecular weight is 415 g/mol. The second-order valence-electron chi connectivity index (χ2n) is 6.00. The van der Waals surface area contributed by atoms with Crippen LogP contribution in [0.1, 0.15) is 58.4 Å². The van der Waals surface area contributed by atoms with E-state index in [1.807, 2.05) is 0 Å². The van der Waals surface area contributed by atoms with Crippen LogP contribution in [0.5, 0.6) is 0 Å². The van der Waals surface area contributed by atoms with Crippen molar-refractivity contribution in [3.63, 3.8) is 0 Å². The number of alkyl halides is 5. The van der Waals surface area contributed by atoms with Gasteiger partial charge in [-0.1, -0.05) is 37.4 Å². The van der Waals surface area contributed by atoms with Gasteiger partial charge < -0.3 is 0 Å². The maximum atomic E-state index is 14.0. The van der Waals surface area contributed by atoms with E-state index in [0.717, 1.165) is 0 Å². The van der Waals surface area contributed by atoms with Crippen LogP contribution in [0, 0.1) is 5.92 Å². The maximum Gasteiger partial charge on any atom is 0.434 e. The van der Waals surface area contributed by atoms with Crippen molar-refractivity contribution in [1.82, 2.24) is 4.98 Å². The molecule has 3 nitrogen and oxygen atoms in total. The predicted molar refractivity (Wildman–Crippen MR) is 93.0 cm³/mol. The highest BCUT2D eigenvalue weighted by Crippen LogP contribution is 2.41. The summed E-state index contributed by atoms with van der Waals surface area (Å²) in [6, 6.07) is 0. The molecule has 1 aromatic rings. The highest BCUT2D eigenvalue weighted by Gasteiger charge is 2.44. The highest BCUT2D eigenvalue weighted by atomic mass is 32.2. The number of halogens is 5. The van der Waals surface area contributed by atoms with E-state index >= 15 is 0 Å². The van der Waals surface area contributed by atoms with Gasteiger partial charge in [0.15, 0.2) is 5.69 Å². The van der Waals surface area contributed by atoms with Crippen molar-refractivity contribution in [3.8, 4) is 0 Å². The van der Waals surface area contributed by atoms with Crippen molar-refractivity contribution >= 4 is 33.8 Å². The number of nitrogens with zero attached hydrogens (tertiary/aromatic N) is 1. The van der Waals surface area contributed by atoms with Crippen LogP contribution in [0.25, 0.3) is 0 Å². The van der Waals surface area contributed by atoms with E-state index in [2.05, 4.69) is 4.98 Å². The molecule has 0 N–H and O–H groups in total. The Morgan fingerprint density at radius 2 is 1.38 bits per heavy atom. The number of hydrogen-bond acceptors (Lipinski definition) is 5. The van der Waals surface area contributed by atoms with E-state index in [4.69, 9.17) is 0 Å². The Morgan fingerprint density at radius 3 is 1.69 bits per heavy atom. The first-order chi connectivity index (χ1) is 11.8. The number of hydrogen-bond donors (Lipinski definition) is 0. The topological polar surface area (TPSA) is 47.0 Å². The van der Waals surface area contributed by atoms with Crippen LogP contribution in [-0.2, 0) is 18.5 Å². The fraction of sp³-hybridized carbons (Fsp3) is 0.562. The Bertz CT molecular complexity index is 660. The van der Waals surface area contributed by atoms with Crippen LogP contribution in [0.2, 0.25) is 0 Å². The summed E-state index contributed by atoms with van der Waals surface area (Å²) < 4.78 is 68.5. The van der Waals surface area contributed by atoms with E-state index in [1.54, 1.807) is 13.8 Å². The van der Waals surface area contributed by atoms with Gasteiger partial charge in [-0.3, -0.25) is 9.59 Å². The van der Waals surface area contributed by atoms with Crippen LogP contribution in [-0.4, -0.2) is 27.7 Å². The number of carbonyl (C=O) groups is 2. The number of thioether (sulfide) groups is 2. The minimum absolute atomic E-state index is 0.141. The summed E-state index contributed by atoms with van der Waals surface area (Å²) >= 11 is 1.09. The molecule has 0 fully saturated rings. The maximum absolute atomic E-state index is 14.0. The molecule has 0 atom stereocenters. The Labute approximate surface area is 156 Å². The van der Waals surface area contributed by atoms with Gasteiger partial charge in [-0.2, -0.15) is 22.0 Å². The Kier molecular flexibility index (Phi) is 7.25. The van der Waals surface area contributed by atoms with E-state index in [-0.39, 0.29) is 17.9 Å². The lowest BCUT2D eigenvalue weighted by molar-refractivity contribution is -0.142. The van der Waals surface area contributed by atoms with Crippen LogP contribution >= 0.6 is 23.5 Å². The van der Waals surface area contributed by atoms with Crippen molar-refractivity contribution in [3.05, 3.63) is 28.1 Å². The first-order valence-corrected chi connectivity index (χ1v) is 9.89. The molecule has 0 radical (unpaired) electrons. The van der Waals surface area contributed by atoms with Crippen molar-refractivity contribution in [2.75, 3.05) is 12.5 Å². The largest absolute Gasteiger partial charge is 0.434 e. The van der Waals surface area contributed by atoms with Gasteiger partial charge in [-0.15, -0.1) is 0 Å². The smallest absolute Gasteiger partial charge is 0.281 e. The lowest BCUT2D eigenvalue weighted by atomic mass is 9.90. The Morgan fingerprint density at radius 1 is 0.962 bits per heavy atom. The standard InChI is InChI=1S/C16H18F5NO2S2/c1-7(2)6-8-9(13(23)25-4)11(15(3,17)18)22-12(16(19,20)21)10(8)14(24)26-5/h7H,6H2,1-5H3. The number of aromatic nitrogens is 1. The summed E-state index contributed by atoms with van der Waals surface area (Å²) in [5, 5.41) is -1.82. The van der Waals surface area contributed by atoms with Gasteiger partial charge in [0.2, 0.25) is 10.2 Å². The molecule has 146 valence electrons. The lowest BCUT2D eigenvalue weighted by Crippen LogP contribution is -2.26. The molecule has 0 unspecified atom stereocenters. The minimum Gasteiger partial charge on any atom is -0.281 e. The van der Waals surface area contributed by atoms with Gasteiger partial charge in [-0.25, -0.2) is 4.98 Å². The van der Waals surface area contributed by atoms with Crippen LogP contribution in [0.4, 0.5) is 22.0 Å². The number of pyridine rings is 1. The Balaban J connectivity index is 4.15. The monoisotopic (exact) mass is 415 g/mol. The molecule has 0 saturated carbocycles. The van der Waals surface area contributed by atoms with Crippen LogP contribution < -0.4 is 0 Å². The number of carbonyl (C=O) groups excluding carboxylic acids is 2. The van der Waals surface area contributed by atoms with Crippen molar-refractivity contribution < 1.29 is 31.5 Å². The first-order valence-electron chi connectivity index (χ1n) is 7.44. The average Bonchev–Trinajstić information content (AvgIpc) is 2.49. The van der Waals surface area contributed by atoms with E-state index in [9.17, 15) is 31.5 Å². The zero-order valence-electron chi connectivity index (χ0n) is 14.8. The Hall–Kier alpha value is -1.16. The third-order valence-corrected chi connectivity index (χ3v) is 4.53. The molecule has 1 rings (SSSR count). The van der Waals surface area contributed by atoms with Gasteiger partial charge in [0.05, 0.1) is 11.1 Å². The quantitative estimate of drug-likeness (QED) is 0.601. The molecule has 10 heteroatoms. The van der Waals surface area contributed by atoms with Crippen LogP contribution in [0.3, 0.4) is 0 Å².